The van der Waals surface area contributed by atoms with Crippen LogP contribution < -0.4 is 5.73 Å². The molecule has 1 aromatic rings. The first-order chi connectivity index (χ1) is 8.11. The number of aromatic hydroxyl groups is 1. The highest BCUT2D eigenvalue weighted by atomic mass is 79.9. The SMILES string of the molecule is Cl.N[C@@H](c1ccc(F)c(Br)c1O)C1CCCCC1. The number of halogens is 3. The quantitative estimate of drug-likeness (QED) is 0.844. The van der Waals surface area contributed by atoms with Crippen LogP contribution in [0.1, 0.15) is 43.7 Å². The third-order valence-electron chi connectivity index (χ3n) is 3.62. The standard InChI is InChI=1S/C13H17BrFNO.ClH/c14-11-10(15)7-6-9(13(11)17)12(16)8-4-2-1-3-5-8;/h6-8,12,17H,1-5,16H2;1H/t12-;/m1./s1. The van der Waals surface area contributed by atoms with Gasteiger partial charge in [-0.3, -0.25) is 0 Å². The molecule has 2 nitrogen and oxygen atoms in total. The second-order valence-electron chi connectivity index (χ2n) is 4.72. The van der Waals surface area contributed by atoms with Gasteiger partial charge >= 0.3 is 0 Å². The smallest absolute Gasteiger partial charge is 0.141 e. The van der Waals surface area contributed by atoms with Crippen molar-refractivity contribution in [1.82, 2.24) is 0 Å². The van der Waals surface area contributed by atoms with Crippen molar-refractivity contribution in [1.29, 1.82) is 0 Å². The fourth-order valence-corrected chi connectivity index (χ4v) is 2.93. The molecule has 1 aliphatic carbocycles. The molecule has 18 heavy (non-hydrogen) atoms. The maximum Gasteiger partial charge on any atom is 0.141 e. The van der Waals surface area contributed by atoms with Crippen LogP contribution in [0.2, 0.25) is 0 Å². The molecule has 102 valence electrons. The molecule has 0 spiro atoms. The second kappa shape index (κ2) is 6.73. The Balaban J connectivity index is 0.00000162. The molecule has 0 heterocycles. The van der Waals surface area contributed by atoms with Gasteiger partial charge in [0.15, 0.2) is 0 Å². The number of phenolic OH excluding ortho intramolecular Hbond substituents is 1. The van der Waals surface area contributed by atoms with Crippen LogP contribution in [0.15, 0.2) is 16.6 Å². The van der Waals surface area contributed by atoms with E-state index in [2.05, 4.69) is 15.9 Å². The Morgan fingerprint density at radius 1 is 1.28 bits per heavy atom. The van der Waals surface area contributed by atoms with Crippen molar-refractivity contribution in [3.05, 3.63) is 28.0 Å². The Kier molecular flexibility index (Phi) is 5.89. The summed E-state index contributed by atoms with van der Waals surface area (Å²) in [5, 5.41) is 9.91. The Morgan fingerprint density at radius 2 is 1.89 bits per heavy atom. The first-order valence-corrected chi connectivity index (χ1v) is 6.83. The Hall–Kier alpha value is -0.320. The van der Waals surface area contributed by atoms with E-state index in [0.29, 0.717) is 11.5 Å². The zero-order chi connectivity index (χ0) is 12.4. The molecule has 2 rings (SSSR count). The fourth-order valence-electron chi connectivity index (χ4n) is 2.57. The van der Waals surface area contributed by atoms with Crippen molar-refractivity contribution in [2.75, 3.05) is 0 Å². The highest BCUT2D eigenvalue weighted by Crippen LogP contribution is 2.39. The van der Waals surface area contributed by atoms with Crippen LogP contribution in [-0.4, -0.2) is 5.11 Å². The van der Waals surface area contributed by atoms with Gasteiger partial charge in [0.05, 0.1) is 4.47 Å². The van der Waals surface area contributed by atoms with E-state index in [9.17, 15) is 9.50 Å². The minimum Gasteiger partial charge on any atom is -0.506 e. The molecule has 1 atom stereocenters. The van der Waals surface area contributed by atoms with E-state index in [-0.39, 0.29) is 28.7 Å². The lowest BCUT2D eigenvalue weighted by atomic mass is 9.81. The van der Waals surface area contributed by atoms with E-state index in [1.54, 1.807) is 6.07 Å². The molecule has 0 radical (unpaired) electrons. The minimum absolute atomic E-state index is 0. The van der Waals surface area contributed by atoms with Gasteiger partial charge in [0.1, 0.15) is 11.6 Å². The van der Waals surface area contributed by atoms with Crippen LogP contribution in [0.4, 0.5) is 4.39 Å². The van der Waals surface area contributed by atoms with Gasteiger partial charge in [-0.15, -0.1) is 12.4 Å². The van der Waals surface area contributed by atoms with E-state index in [1.165, 1.54) is 25.3 Å². The third kappa shape index (κ3) is 3.16. The van der Waals surface area contributed by atoms with Crippen LogP contribution in [0, 0.1) is 11.7 Å². The highest BCUT2D eigenvalue weighted by Gasteiger charge is 2.25. The molecule has 0 saturated heterocycles. The Labute approximate surface area is 121 Å². The zero-order valence-corrected chi connectivity index (χ0v) is 12.4. The monoisotopic (exact) mass is 337 g/mol. The summed E-state index contributed by atoms with van der Waals surface area (Å²) in [4.78, 5) is 0. The Bertz CT molecular complexity index is 410. The largest absolute Gasteiger partial charge is 0.506 e. The maximum atomic E-state index is 13.2. The second-order valence-corrected chi connectivity index (χ2v) is 5.52. The van der Waals surface area contributed by atoms with E-state index in [0.717, 1.165) is 12.8 Å². The maximum absolute atomic E-state index is 13.2. The average molecular weight is 339 g/mol. The van der Waals surface area contributed by atoms with Gasteiger partial charge in [0, 0.05) is 11.6 Å². The summed E-state index contributed by atoms with van der Waals surface area (Å²) in [6.07, 6.45) is 5.84. The fraction of sp³-hybridized carbons (Fsp3) is 0.538. The normalized spacial score (nSPS) is 18.2. The lowest BCUT2D eigenvalue weighted by molar-refractivity contribution is 0.302. The van der Waals surface area contributed by atoms with E-state index in [4.69, 9.17) is 5.73 Å². The molecule has 0 unspecified atom stereocenters. The highest BCUT2D eigenvalue weighted by molar-refractivity contribution is 9.10. The van der Waals surface area contributed by atoms with Gasteiger partial charge in [-0.05, 0) is 40.8 Å². The predicted molar refractivity (Wildman–Crippen MR) is 76.5 cm³/mol. The minimum atomic E-state index is -0.456. The summed E-state index contributed by atoms with van der Waals surface area (Å²) in [5.41, 5.74) is 6.83. The number of nitrogens with two attached hydrogens (primary N) is 1. The van der Waals surface area contributed by atoms with Crippen LogP contribution in [-0.2, 0) is 0 Å². The first kappa shape index (κ1) is 15.7. The molecule has 3 N–H and O–H groups in total. The molecule has 0 bridgehead atoms. The van der Waals surface area contributed by atoms with Gasteiger partial charge < -0.3 is 10.8 Å². The summed E-state index contributed by atoms with van der Waals surface area (Å²) in [7, 11) is 0. The summed E-state index contributed by atoms with van der Waals surface area (Å²) in [6.45, 7) is 0. The zero-order valence-electron chi connectivity index (χ0n) is 10.0. The topological polar surface area (TPSA) is 46.2 Å². The van der Waals surface area contributed by atoms with Gasteiger partial charge in [-0.1, -0.05) is 25.3 Å². The number of hydrogen-bond donors (Lipinski definition) is 2. The van der Waals surface area contributed by atoms with E-state index in [1.807, 2.05) is 0 Å². The van der Waals surface area contributed by atoms with Crippen molar-refractivity contribution in [2.45, 2.75) is 38.1 Å². The molecule has 5 heteroatoms. The van der Waals surface area contributed by atoms with Gasteiger partial charge in [0.2, 0.25) is 0 Å². The number of rotatable bonds is 2. The van der Waals surface area contributed by atoms with Gasteiger partial charge in [-0.2, -0.15) is 0 Å². The first-order valence-electron chi connectivity index (χ1n) is 6.03. The summed E-state index contributed by atoms with van der Waals surface area (Å²) >= 11 is 3.04. The van der Waals surface area contributed by atoms with Crippen LogP contribution in [0.3, 0.4) is 0 Å². The number of phenols is 1. The molecule has 1 fully saturated rings. The van der Waals surface area contributed by atoms with Crippen molar-refractivity contribution >= 4 is 28.3 Å². The van der Waals surface area contributed by atoms with Crippen molar-refractivity contribution < 1.29 is 9.50 Å². The van der Waals surface area contributed by atoms with E-state index >= 15 is 0 Å². The average Bonchev–Trinajstić information content (AvgIpc) is 2.36. The van der Waals surface area contributed by atoms with Crippen molar-refractivity contribution in [2.24, 2.45) is 11.7 Å². The molecule has 0 amide bonds. The number of benzene rings is 1. The van der Waals surface area contributed by atoms with E-state index < -0.39 is 5.82 Å². The summed E-state index contributed by atoms with van der Waals surface area (Å²) in [5.74, 6) is -0.114. The molecular weight excluding hydrogens is 321 g/mol. The molecule has 1 aliphatic rings. The molecule has 1 aromatic carbocycles. The third-order valence-corrected chi connectivity index (χ3v) is 4.37. The lowest BCUT2D eigenvalue weighted by Gasteiger charge is -2.28. The molecule has 1 saturated carbocycles. The molecule has 0 aromatic heterocycles. The van der Waals surface area contributed by atoms with Crippen molar-refractivity contribution in [3.63, 3.8) is 0 Å². The number of hydrogen-bond acceptors (Lipinski definition) is 2. The van der Waals surface area contributed by atoms with Crippen molar-refractivity contribution in [3.8, 4) is 5.75 Å². The van der Waals surface area contributed by atoms with Gasteiger partial charge in [0.25, 0.3) is 0 Å². The predicted octanol–water partition coefficient (Wildman–Crippen LogP) is 4.30. The van der Waals surface area contributed by atoms with Crippen LogP contribution >= 0.6 is 28.3 Å². The molecule has 0 aliphatic heterocycles. The van der Waals surface area contributed by atoms with Crippen LogP contribution in [0.25, 0.3) is 0 Å². The van der Waals surface area contributed by atoms with Gasteiger partial charge in [-0.25, -0.2) is 4.39 Å². The van der Waals surface area contributed by atoms with Crippen LogP contribution in [0.5, 0.6) is 5.75 Å². The Morgan fingerprint density at radius 3 is 2.50 bits per heavy atom. The lowest BCUT2D eigenvalue weighted by Crippen LogP contribution is -2.23. The summed E-state index contributed by atoms with van der Waals surface area (Å²) in [6, 6.07) is 2.74. The summed E-state index contributed by atoms with van der Waals surface area (Å²) < 4.78 is 13.3. The molecular formula is C13H18BrClFNO.